The van der Waals surface area contributed by atoms with Gasteiger partial charge in [-0.3, -0.25) is 0 Å². The van der Waals surface area contributed by atoms with Crippen LogP contribution in [0.4, 0.5) is 4.39 Å². The van der Waals surface area contributed by atoms with Crippen molar-refractivity contribution >= 4 is 30.1 Å². The molecule has 1 aromatic heterocycles. The Kier molecular flexibility index (Phi) is 4.12. The van der Waals surface area contributed by atoms with Crippen LogP contribution in [-0.4, -0.2) is 41.3 Å². The summed E-state index contributed by atoms with van der Waals surface area (Å²) >= 11 is -0.411. The summed E-state index contributed by atoms with van der Waals surface area (Å²) in [5.41, 5.74) is 0. The van der Waals surface area contributed by atoms with E-state index in [9.17, 15) is 9.18 Å². The third kappa shape index (κ3) is 2.46. The van der Waals surface area contributed by atoms with Gasteiger partial charge in [-0.05, 0) is 0 Å². The second-order valence-electron chi connectivity index (χ2n) is 3.67. The molecule has 0 radical (unpaired) electrons. The van der Waals surface area contributed by atoms with Gasteiger partial charge in [-0.15, -0.1) is 0 Å². The van der Waals surface area contributed by atoms with Gasteiger partial charge < -0.3 is 0 Å². The van der Waals surface area contributed by atoms with Crippen molar-refractivity contribution in [3.8, 4) is 11.5 Å². The Morgan fingerprint density at radius 1 is 1.26 bits per heavy atom. The number of rotatable bonds is 4. The summed E-state index contributed by atoms with van der Waals surface area (Å²) in [6.45, 7) is 1.92. The maximum atomic E-state index is 14.2. The third-order valence-electron chi connectivity index (χ3n) is 2.59. The number of hydrogen-bond donors (Lipinski definition) is 0. The molecule has 19 heavy (non-hydrogen) atoms. The molecule has 0 bridgehead atoms. The zero-order valence-corrected chi connectivity index (χ0v) is 12.5. The molecule has 1 heterocycles. The van der Waals surface area contributed by atoms with Crippen molar-refractivity contribution in [2.45, 2.75) is 6.92 Å². The Bertz CT molecular complexity index is 621. The molecule has 102 valence electrons. The number of carbonyl (C=O) groups is 1. The molecule has 0 atom stereocenters. The minimum atomic E-state index is -0.589. The van der Waals surface area contributed by atoms with Gasteiger partial charge in [0.05, 0.1) is 0 Å². The topological polar surface area (TPSA) is 44.8 Å². The van der Waals surface area contributed by atoms with Crippen LogP contribution in [0.5, 0.6) is 11.5 Å². The van der Waals surface area contributed by atoms with Gasteiger partial charge in [-0.2, -0.15) is 0 Å². The summed E-state index contributed by atoms with van der Waals surface area (Å²) in [4.78, 5) is 11.7. The van der Waals surface area contributed by atoms with Gasteiger partial charge in [0, 0.05) is 0 Å². The molecule has 0 saturated carbocycles. The molecule has 0 saturated heterocycles. The summed E-state index contributed by atoms with van der Waals surface area (Å²) in [5, 5.41) is 0.390. The van der Waals surface area contributed by atoms with Crippen molar-refractivity contribution in [3.63, 3.8) is 0 Å². The van der Waals surface area contributed by atoms with Crippen LogP contribution in [0.1, 0.15) is 16.2 Å². The summed E-state index contributed by atoms with van der Waals surface area (Å²) in [7, 11) is 3.00. The first-order valence-electron chi connectivity index (χ1n) is 5.63. The van der Waals surface area contributed by atoms with Crippen LogP contribution in [0.25, 0.3) is 9.65 Å². The van der Waals surface area contributed by atoms with Crippen LogP contribution < -0.4 is 9.47 Å². The molecule has 0 fully saturated rings. The average Bonchev–Trinajstić information content (AvgIpc) is 2.74. The minimum absolute atomic E-state index is 0.111. The van der Waals surface area contributed by atoms with E-state index < -0.39 is 26.3 Å². The fourth-order valence-corrected chi connectivity index (χ4v) is 3.79. The number of hydrogen-bond acceptors (Lipinski definition) is 4. The van der Waals surface area contributed by atoms with E-state index in [-0.39, 0.29) is 11.0 Å². The van der Waals surface area contributed by atoms with E-state index in [4.69, 9.17) is 14.2 Å². The number of halogens is 1. The standard InChI is InChI=1S/C13H13FO4Se/c1-4-18-13(15)12-11(14)7-5-8(16-2)9(17-3)6-10(7)19-12/h5-6H,4H2,1-3H3. The van der Waals surface area contributed by atoms with E-state index in [1.165, 1.54) is 14.2 Å². The fraction of sp³-hybridized carbons (Fsp3) is 0.308. The molecule has 2 rings (SSSR count). The molecular weight excluding hydrogens is 318 g/mol. The van der Waals surface area contributed by atoms with Crippen LogP contribution in [0.15, 0.2) is 12.1 Å². The number of ether oxygens (including phenoxy) is 3. The number of fused-ring (bicyclic) bond motifs is 1. The quantitative estimate of drug-likeness (QED) is 0.637. The van der Waals surface area contributed by atoms with Crippen LogP contribution in [-0.2, 0) is 4.74 Å². The molecule has 0 amide bonds. The van der Waals surface area contributed by atoms with Gasteiger partial charge >= 0.3 is 115 Å². The second kappa shape index (κ2) is 5.63. The van der Waals surface area contributed by atoms with Gasteiger partial charge in [-0.25, -0.2) is 0 Å². The third-order valence-corrected chi connectivity index (χ3v) is 4.92. The van der Waals surface area contributed by atoms with Gasteiger partial charge in [0.25, 0.3) is 0 Å². The Morgan fingerprint density at radius 3 is 2.47 bits per heavy atom. The van der Waals surface area contributed by atoms with Gasteiger partial charge in [0.2, 0.25) is 0 Å². The molecule has 2 aromatic rings. The van der Waals surface area contributed by atoms with E-state index in [0.29, 0.717) is 16.9 Å². The summed E-state index contributed by atoms with van der Waals surface area (Å²) in [5.74, 6) is -0.137. The molecule has 0 N–H and O–H groups in total. The second-order valence-corrected chi connectivity index (χ2v) is 5.88. The number of esters is 1. The Morgan fingerprint density at radius 2 is 1.89 bits per heavy atom. The van der Waals surface area contributed by atoms with Gasteiger partial charge in [0.15, 0.2) is 0 Å². The molecule has 1 aromatic carbocycles. The van der Waals surface area contributed by atoms with E-state index in [1.807, 2.05) is 0 Å². The predicted octanol–water partition coefficient (Wildman–Crippen LogP) is 2.23. The average molecular weight is 331 g/mol. The Hall–Kier alpha value is -1.52. The molecule has 6 heteroatoms. The Labute approximate surface area is 115 Å². The van der Waals surface area contributed by atoms with Crippen molar-refractivity contribution in [2.75, 3.05) is 20.8 Å². The SMILES string of the molecule is CCOC(=O)c1[se]c2cc(OC)c(OC)cc2c1F. The normalized spacial score (nSPS) is 10.5. The van der Waals surface area contributed by atoms with Crippen LogP contribution >= 0.6 is 0 Å². The van der Waals surface area contributed by atoms with Crippen molar-refractivity contribution < 1.29 is 23.4 Å². The summed E-state index contributed by atoms with van der Waals surface area (Å²) < 4.78 is 30.2. The molecule has 4 nitrogen and oxygen atoms in total. The van der Waals surface area contributed by atoms with E-state index in [0.717, 1.165) is 4.26 Å². The van der Waals surface area contributed by atoms with E-state index >= 15 is 0 Å². The molecule has 0 spiro atoms. The Balaban J connectivity index is 2.60. The van der Waals surface area contributed by atoms with Gasteiger partial charge in [-0.1, -0.05) is 0 Å². The number of benzene rings is 1. The van der Waals surface area contributed by atoms with Crippen LogP contribution in [0, 0.1) is 5.82 Å². The molecular formula is C13H13FO4Se. The summed E-state index contributed by atoms with van der Waals surface area (Å²) in [6.07, 6.45) is 0. The monoisotopic (exact) mass is 332 g/mol. The van der Waals surface area contributed by atoms with Crippen LogP contribution in [0.2, 0.25) is 0 Å². The first-order chi connectivity index (χ1) is 9.12. The van der Waals surface area contributed by atoms with Crippen molar-refractivity contribution in [3.05, 3.63) is 22.4 Å². The molecule has 0 aliphatic rings. The zero-order chi connectivity index (χ0) is 14.0. The molecule has 0 aliphatic heterocycles. The van der Waals surface area contributed by atoms with E-state index in [2.05, 4.69) is 0 Å². The maximum absolute atomic E-state index is 14.2. The first kappa shape index (κ1) is 13.9. The molecule has 0 unspecified atom stereocenters. The fourth-order valence-electron chi connectivity index (χ4n) is 1.72. The summed E-state index contributed by atoms with van der Waals surface area (Å²) in [6, 6.07) is 3.26. The zero-order valence-electron chi connectivity index (χ0n) is 10.8. The van der Waals surface area contributed by atoms with Crippen molar-refractivity contribution in [2.24, 2.45) is 0 Å². The number of methoxy groups -OCH3 is 2. The predicted molar refractivity (Wildman–Crippen MR) is 69.9 cm³/mol. The van der Waals surface area contributed by atoms with Crippen LogP contribution in [0.3, 0.4) is 0 Å². The van der Waals surface area contributed by atoms with Crippen molar-refractivity contribution in [1.82, 2.24) is 0 Å². The van der Waals surface area contributed by atoms with E-state index in [1.54, 1.807) is 19.1 Å². The first-order valence-corrected chi connectivity index (χ1v) is 7.34. The molecule has 0 aliphatic carbocycles. The number of carbonyl (C=O) groups excluding carboxylic acids is 1. The van der Waals surface area contributed by atoms with Gasteiger partial charge in [0.1, 0.15) is 0 Å². The van der Waals surface area contributed by atoms with Crippen molar-refractivity contribution in [1.29, 1.82) is 0 Å².